The summed E-state index contributed by atoms with van der Waals surface area (Å²) in [6.45, 7) is 1.55. The Morgan fingerprint density at radius 3 is 2.52 bits per heavy atom. The predicted molar refractivity (Wildman–Crippen MR) is 156 cm³/mol. The summed E-state index contributed by atoms with van der Waals surface area (Å²) >= 11 is 12.2. The van der Waals surface area contributed by atoms with E-state index in [9.17, 15) is 24.5 Å². The van der Waals surface area contributed by atoms with Crippen LogP contribution < -0.4 is 16.4 Å². The second kappa shape index (κ2) is 11.3. The lowest BCUT2D eigenvalue weighted by Gasteiger charge is -2.30. The Bertz CT molecular complexity index is 1650. The number of anilines is 2. The average Bonchev–Trinajstić information content (AvgIpc) is 3.40. The third kappa shape index (κ3) is 4.67. The largest absolute Gasteiger partial charge is 0.465 e. The van der Waals surface area contributed by atoms with Crippen molar-refractivity contribution in [3.63, 3.8) is 0 Å². The number of nitrogen functional groups attached to an aromatic ring is 1. The highest BCUT2D eigenvalue weighted by Crippen LogP contribution is 2.54. The molecular weight excluding hydrogens is 590 g/mol. The van der Waals surface area contributed by atoms with Gasteiger partial charge in [-0.25, -0.2) is 9.18 Å². The molecule has 4 atom stereocenters. The maximum absolute atomic E-state index is 15.5. The van der Waals surface area contributed by atoms with Crippen LogP contribution in [0.4, 0.5) is 15.8 Å². The number of nitrogens with one attached hydrogen (secondary N) is 2. The number of fused-ring (bicyclic) bond motifs is 2. The number of ketones is 1. The number of carbonyl (C=O) groups excluding carboxylic acids is 3. The quantitative estimate of drug-likeness (QED) is 0.111. The third-order valence-corrected chi connectivity index (χ3v) is 8.36. The molecule has 2 heterocycles. The molecule has 2 aliphatic heterocycles. The van der Waals surface area contributed by atoms with Crippen LogP contribution in [0.2, 0.25) is 10.0 Å². The molecule has 5 rings (SSSR count). The fourth-order valence-corrected chi connectivity index (χ4v) is 6.30. The molecule has 3 aromatic carbocycles. The standard InChI is InChI=1S/C28H23Cl2FN4O6.CH4/c1-12-14(26(37)41-2)7-8-15(24(12)32)21(36)11-20-25(35(39)40)22(16-4-3-5-18(30)23(16)31)28(34-20)17-9-6-13(29)10-19(17)33-27(28)38;/h3-10,20,22,25,34H,11,32H2,1-2H3,(H,33,38);1H4/t20-,22-,25+,28+;/m0./s1. The number of hydrogen-bond acceptors (Lipinski definition) is 8. The van der Waals surface area contributed by atoms with E-state index in [1.54, 1.807) is 6.92 Å². The van der Waals surface area contributed by atoms with Gasteiger partial charge in [-0.15, -0.1) is 0 Å². The number of esters is 1. The fourth-order valence-electron chi connectivity index (χ4n) is 5.95. The topological polar surface area (TPSA) is 154 Å². The Morgan fingerprint density at radius 2 is 1.86 bits per heavy atom. The van der Waals surface area contributed by atoms with Gasteiger partial charge in [0.2, 0.25) is 11.9 Å². The van der Waals surface area contributed by atoms with Crippen molar-refractivity contribution in [3.05, 3.63) is 102 Å². The van der Waals surface area contributed by atoms with Crippen molar-refractivity contribution >= 4 is 52.2 Å². The summed E-state index contributed by atoms with van der Waals surface area (Å²) in [5.41, 5.74) is 5.35. The highest BCUT2D eigenvalue weighted by Gasteiger charge is 2.67. The summed E-state index contributed by atoms with van der Waals surface area (Å²) in [5.74, 6) is -4.20. The first kappa shape index (κ1) is 30.9. The van der Waals surface area contributed by atoms with Crippen molar-refractivity contribution in [1.82, 2.24) is 5.32 Å². The van der Waals surface area contributed by atoms with Crippen molar-refractivity contribution in [1.29, 1.82) is 0 Å². The van der Waals surface area contributed by atoms with Crippen LogP contribution in [0.1, 0.15) is 57.2 Å². The summed E-state index contributed by atoms with van der Waals surface area (Å²) in [4.78, 5) is 51.4. The van der Waals surface area contributed by atoms with Crippen molar-refractivity contribution < 1.29 is 28.4 Å². The highest BCUT2D eigenvalue weighted by atomic mass is 35.5. The predicted octanol–water partition coefficient (Wildman–Crippen LogP) is 5.27. The van der Waals surface area contributed by atoms with Crippen LogP contribution in [-0.4, -0.2) is 41.8 Å². The van der Waals surface area contributed by atoms with Crippen molar-refractivity contribution in [2.45, 2.75) is 44.3 Å². The fraction of sp³-hybridized carbons (Fsp3) is 0.276. The minimum absolute atomic E-state index is 0. The van der Waals surface area contributed by atoms with Crippen LogP contribution in [-0.2, 0) is 15.1 Å². The number of halogens is 3. The van der Waals surface area contributed by atoms with E-state index < -0.39 is 58.4 Å². The Balaban J connectivity index is 0.00000405. The Hall–Kier alpha value is -4.06. The molecule has 1 saturated heterocycles. The molecule has 0 saturated carbocycles. The van der Waals surface area contributed by atoms with E-state index in [1.165, 1.54) is 55.6 Å². The van der Waals surface area contributed by atoms with Crippen LogP contribution in [0.15, 0.2) is 48.5 Å². The Morgan fingerprint density at radius 1 is 1.17 bits per heavy atom. The summed E-state index contributed by atoms with van der Waals surface area (Å²) in [6, 6.07) is 8.45. The Labute approximate surface area is 250 Å². The molecule has 0 bridgehead atoms. The van der Waals surface area contributed by atoms with Gasteiger partial charge in [0, 0.05) is 44.4 Å². The monoisotopic (exact) mass is 616 g/mol. The molecule has 1 amide bonds. The average molecular weight is 617 g/mol. The first-order chi connectivity index (χ1) is 19.4. The maximum Gasteiger partial charge on any atom is 0.338 e. The summed E-state index contributed by atoms with van der Waals surface area (Å²) in [7, 11) is 1.21. The highest BCUT2D eigenvalue weighted by molar-refractivity contribution is 6.31. The van der Waals surface area contributed by atoms with Crippen LogP contribution in [0.5, 0.6) is 0 Å². The third-order valence-electron chi connectivity index (χ3n) is 7.83. The zero-order chi connectivity index (χ0) is 29.8. The SMILES string of the molecule is C.COC(=O)c1ccc(C(=O)C[C@@H]2N[C@@]3(C(=O)Nc4cc(Cl)ccc43)[C@@H](c3cccc(Cl)c3F)[C@@H]2[N+](=O)[O-])c(N)c1C. The number of rotatable bonds is 6. The summed E-state index contributed by atoms with van der Waals surface area (Å²) < 4.78 is 20.3. The minimum atomic E-state index is -1.83. The number of Topliss-reactive ketones (excluding diaryl/α,β-unsaturated/α-hetero) is 1. The lowest BCUT2D eigenvalue weighted by atomic mass is 9.74. The second-order valence-corrected chi connectivity index (χ2v) is 10.8. The van der Waals surface area contributed by atoms with E-state index in [0.717, 1.165) is 0 Å². The molecule has 10 nitrogen and oxygen atoms in total. The number of methoxy groups -OCH3 is 1. The molecule has 0 aromatic heterocycles. The minimum Gasteiger partial charge on any atom is -0.465 e. The second-order valence-electron chi connectivity index (χ2n) is 9.92. The van der Waals surface area contributed by atoms with Gasteiger partial charge in [0.05, 0.1) is 29.7 Å². The number of amides is 1. The van der Waals surface area contributed by atoms with Gasteiger partial charge in [-0.05, 0) is 42.8 Å². The first-order valence-electron chi connectivity index (χ1n) is 12.4. The van der Waals surface area contributed by atoms with Gasteiger partial charge in [-0.2, -0.15) is 0 Å². The molecule has 2 aliphatic rings. The van der Waals surface area contributed by atoms with Crippen LogP contribution >= 0.6 is 23.2 Å². The number of nitrogens with zero attached hydrogens (tertiary/aromatic N) is 1. The number of ether oxygens (including phenoxy) is 1. The molecule has 0 unspecified atom stereocenters. The molecule has 0 radical (unpaired) electrons. The molecule has 3 aromatic rings. The zero-order valence-corrected chi connectivity index (χ0v) is 23.2. The molecule has 1 spiro atoms. The lowest BCUT2D eigenvalue weighted by Crippen LogP contribution is -2.49. The van der Waals surface area contributed by atoms with Crippen LogP contribution in [0.25, 0.3) is 0 Å². The normalized spacial score (nSPS) is 22.3. The molecule has 0 aliphatic carbocycles. The number of hydrogen-bond donors (Lipinski definition) is 3. The van der Waals surface area contributed by atoms with Crippen LogP contribution in [0, 0.1) is 22.9 Å². The molecule has 1 fully saturated rings. The van der Waals surface area contributed by atoms with Gasteiger partial charge in [-0.3, -0.25) is 25.0 Å². The van der Waals surface area contributed by atoms with E-state index in [4.69, 9.17) is 33.7 Å². The molecule has 220 valence electrons. The van der Waals surface area contributed by atoms with E-state index >= 15 is 4.39 Å². The zero-order valence-electron chi connectivity index (χ0n) is 21.7. The van der Waals surface area contributed by atoms with Gasteiger partial charge in [0.15, 0.2) is 5.78 Å². The smallest absolute Gasteiger partial charge is 0.338 e. The van der Waals surface area contributed by atoms with Crippen LogP contribution in [0.3, 0.4) is 0 Å². The van der Waals surface area contributed by atoms with Gasteiger partial charge in [0.1, 0.15) is 11.4 Å². The maximum atomic E-state index is 15.5. The van der Waals surface area contributed by atoms with Gasteiger partial charge < -0.3 is 15.8 Å². The van der Waals surface area contributed by atoms with Crippen molar-refractivity contribution in [3.8, 4) is 0 Å². The molecule has 42 heavy (non-hydrogen) atoms. The van der Waals surface area contributed by atoms with Gasteiger partial charge in [-0.1, -0.05) is 48.8 Å². The number of nitrogens with two attached hydrogens (primary N) is 1. The van der Waals surface area contributed by atoms with E-state index in [0.29, 0.717) is 21.8 Å². The summed E-state index contributed by atoms with van der Waals surface area (Å²) in [5, 5.41) is 18.4. The number of carbonyl (C=O) groups is 3. The van der Waals surface area contributed by atoms with Gasteiger partial charge in [0.25, 0.3) is 0 Å². The van der Waals surface area contributed by atoms with E-state index in [-0.39, 0.29) is 34.8 Å². The van der Waals surface area contributed by atoms with E-state index in [2.05, 4.69) is 10.6 Å². The molecule has 13 heteroatoms. The Kier molecular flexibility index (Phi) is 8.32. The van der Waals surface area contributed by atoms with E-state index in [1.807, 2.05) is 0 Å². The first-order valence-corrected chi connectivity index (χ1v) is 13.1. The molecule has 4 N–H and O–H groups in total. The van der Waals surface area contributed by atoms with Crippen molar-refractivity contribution in [2.24, 2.45) is 0 Å². The number of nitro groups is 1. The molecular formula is C29H27Cl2FN4O6. The number of benzene rings is 3. The van der Waals surface area contributed by atoms with Crippen molar-refractivity contribution in [2.75, 3.05) is 18.2 Å². The summed E-state index contributed by atoms with van der Waals surface area (Å²) in [6.07, 6.45) is -0.469. The lowest BCUT2D eigenvalue weighted by molar-refractivity contribution is -0.526. The van der Waals surface area contributed by atoms with Gasteiger partial charge >= 0.3 is 5.97 Å².